The fourth-order valence-electron chi connectivity index (χ4n) is 2.09. The molecule has 0 spiro atoms. The van der Waals surface area contributed by atoms with Crippen LogP contribution in [0.4, 0.5) is 0 Å². The normalized spacial score (nSPS) is 17.7. The minimum absolute atomic E-state index is 0.186. The van der Waals surface area contributed by atoms with Crippen molar-refractivity contribution in [3.63, 3.8) is 0 Å². The Morgan fingerprint density at radius 3 is 2.30 bits per heavy atom. The zero-order chi connectivity index (χ0) is 14.9. The average molecular weight is 301 g/mol. The first-order chi connectivity index (χ1) is 9.34. The molecule has 0 bridgehead atoms. The fourth-order valence-corrected chi connectivity index (χ4v) is 3.17. The molecule has 1 aromatic heterocycles. The summed E-state index contributed by atoms with van der Waals surface area (Å²) < 4.78 is 31.7. The first-order valence-electron chi connectivity index (χ1n) is 6.35. The molecule has 2 rings (SSSR count). The van der Waals surface area contributed by atoms with Crippen molar-refractivity contribution in [3.8, 4) is 0 Å². The van der Waals surface area contributed by atoms with Gasteiger partial charge in [0.25, 0.3) is 16.1 Å². The highest BCUT2D eigenvalue weighted by molar-refractivity contribution is 7.86. The molecular weight excluding hydrogens is 282 g/mol. The van der Waals surface area contributed by atoms with Crippen molar-refractivity contribution in [1.82, 2.24) is 13.5 Å². The Labute approximate surface area is 118 Å². The van der Waals surface area contributed by atoms with Gasteiger partial charge in [-0.05, 0) is 13.0 Å². The Hall–Kier alpha value is -1.38. The number of aryl methyl sites for hydroxylation is 1. The molecule has 0 radical (unpaired) electrons. The molecule has 1 aliphatic heterocycles. The Morgan fingerprint density at radius 2 is 1.85 bits per heavy atom. The van der Waals surface area contributed by atoms with Crippen molar-refractivity contribution in [2.45, 2.75) is 6.92 Å². The summed E-state index contributed by atoms with van der Waals surface area (Å²) in [6, 6.07) is 1.74. The molecule has 1 aliphatic rings. The third-order valence-electron chi connectivity index (χ3n) is 3.37. The lowest BCUT2D eigenvalue weighted by molar-refractivity contribution is 0.0662. The van der Waals surface area contributed by atoms with Crippen molar-refractivity contribution in [2.24, 2.45) is 0 Å². The molecule has 0 unspecified atom stereocenters. The highest BCUT2D eigenvalue weighted by atomic mass is 32.2. The van der Waals surface area contributed by atoms with E-state index in [1.54, 1.807) is 11.0 Å². The van der Waals surface area contributed by atoms with Crippen molar-refractivity contribution in [1.29, 1.82) is 0 Å². The summed E-state index contributed by atoms with van der Waals surface area (Å²) in [5, 5.41) is 0. The lowest BCUT2D eigenvalue weighted by Gasteiger charge is -2.34. The third-order valence-corrected chi connectivity index (χ3v) is 5.31. The standard InChI is InChI=1S/C12H19N3O4S/c1-10-4-9-19-11(10)12(16)14-5-7-15(8-6-14)20(17,18)13(2)3/h4,9H,5-8H2,1-3H3. The Morgan fingerprint density at radius 1 is 1.25 bits per heavy atom. The van der Waals surface area contributed by atoms with Gasteiger partial charge >= 0.3 is 0 Å². The molecule has 0 aromatic carbocycles. The van der Waals surface area contributed by atoms with Crippen molar-refractivity contribution in [3.05, 3.63) is 23.7 Å². The number of rotatable bonds is 3. The number of nitrogens with zero attached hydrogens (tertiary/aromatic N) is 3. The van der Waals surface area contributed by atoms with Crippen LogP contribution in [0.2, 0.25) is 0 Å². The molecule has 0 saturated carbocycles. The van der Waals surface area contributed by atoms with Crippen molar-refractivity contribution in [2.75, 3.05) is 40.3 Å². The second-order valence-corrected chi connectivity index (χ2v) is 7.06. The molecule has 0 N–H and O–H groups in total. The minimum atomic E-state index is -3.41. The van der Waals surface area contributed by atoms with Gasteiger partial charge in [-0.15, -0.1) is 0 Å². The van der Waals surface area contributed by atoms with Gasteiger partial charge in [0.1, 0.15) is 0 Å². The number of furan rings is 1. The van der Waals surface area contributed by atoms with Crippen LogP contribution in [0, 0.1) is 6.92 Å². The van der Waals surface area contributed by atoms with Crippen LogP contribution in [0.15, 0.2) is 16.7 Å². The van der Waals surface area contributed by atoms with Crippen LogP contribution in [0.5, 0.6) is 0 Å². The Bertz CT molecular complexity index is 586. The van der Waals surface area contributed by atoms with Gasteiger partial charge in [-0.25, -0.2) is 0 Å². The molecule has 0 aliphatic carbocycles. The highest BCUT2D eigenvalue weighted by Crippen LogP contribution is 2.15. The molecule has 2 heterocycles. The van der Waals surface area contributed by atoms with Crippen LogP contribution in [-0.2, 0) is 10.2 Å². The molecule has 8 heteroatoms. The zero-order valence-corrected chi connectivity index (χ0v) is 12.7. The van der Waals surface area contributed by atoms with E-state index in [0.29, 0.717) is 31.9 Å². The second kappa shape index (κ2) is 5.55. The van der Waals surface area contributed by atoms with E-state index in [-0.39, 0.29) is 5.91 Å². The maximum atomic E-state index is 12.2. The van der Waals surface area contributed by atoms with E-state index in [4.69, 9.17) is 4.42 Å². The lowest BCUT2D eigenvalue weighted by Crippen LogP contribution is -2.53. The van der Waals surface area contributed by atoms with Gasteiger partial charge in [-0.2, -0.15) is 17.0 Å². The fraction of sp³-hybridized carbons (Fsp3) is 0.583. The van der Waals surface area contributed by atoms with Crippen LogP contribution in [0.25, 0.3) is 0 Å². The van der Waals surface area contributed by atoms with Crippen molar-refractivity contribution < 1.29 is 17.6 Å². The van der Waals surface area contributed by atoms with Crippen LogP contribution in [-0.4, -0.2) is 68.1 Å². The Balaban J connectivity index is 2.02. The number of carbonyl (C=O) groups excluding carboxylic acids is 1. The van der Waals surface area contributed by atoms with Crippen LogP contribution >= 0.6 is 0 Å². The first-order valence-corrected chi connectivity index (χ1v) is 7.74. The number of hydrogen-bond acceptors (Lipinski definition) is 4. The predicted octanol–water partition coefficient (Wildman–Crippen LogP) is 0.152. The summed E-state index contributed by atoms with van der Waals surface area (Å²) in [6.45, 7) is 3.14. The minimum Gasteiger partial charge on any atom is -0.459 e. The van der Waals surface area contributed by atoms with Crippen LogP contribution in [0.1, 0.15) is 16.1 Å². The second-order valence-electron chi connectivity index (χ2n) is 4.91. The summed E-state index contributed by atoms with van der Waals surface area (Å²) in [7, 11) is -0.408. The van der Waals surface area contributed by atoms with E-state index in [0.717, 1.165) is 5.56 Å². The van der Waals surface area contributed by atoms with Gasteiger partial charge in [0.2, 0.25) is 0 Å². The van der Waals surface area contributed by atoms with Gasteiger partial charge in [0, 0.05) is 45.8 Å². The van der Waals surface area contributed by atoms with E-state index in [1.807, 2.05) is 6.92 Å². The smallest absolute Gasteiger partial charge is 0.289 e. The summed E-state index contributed by atoms with van der Waals surface area (Å²) in [5.74, 6) is 0.142. The molecular formula is C12H19N3O4S. The Kier molecular flexibility index (Phi) is 4.17. The molecule has 20 heavy (non-hydrogen) atoms. The van der Waals surface area contributed by atoms with Gasteiger partial charge < -0.3 is 9.32 Å². The third kappa shape index (κ3) is 2.72. The molecule has 7 nitrogen and oxygen atoms in total. The first kappa shape index (κ1) is 15.0. The average Bonchev–Trinajstić information content (AvgIpc) is 2.84. The zero-order valence-electron chi connectivity index (χ0n) is 11.9. The monoisotopic (exact) mass is 301 g/mol. The summed E-state index contributed by atoms with van der Waals surface area (Å²) in [5.41, 5.74) is 0.790. The molecule has 112 valence electrons. The number of amides is 1. The van der Waals surface area contributed by atoms with Gasteiger partial charge in [0.05, 0.1) is 6.26 Å². The highest BCUT2D eigenvalue weighted by Gasteiger charge is 2.31. The largest absolute Gasteiger partial charge is 0.459 e. The topological polar surface area (TPSA) is 74.1 Å². The van der Waals surface area contributed by atoms with E-state index < -0.39 is 10.2 Å². The van der Waals surface area contributed by atoms with Gasteiger partial charge in [-0.1, -0.05) is 0 Å². The maximum absolute atomic E-state index is 12.2. The lowest BCUT2D eigenvalue weighted by atomic mass is 10.2. The molecule has 0 atom stereocenters. The number of hydrogen-bond donors (Lipinski definition) is 0. The molecule has 1 aromatic rings. The molecule has 1 fully saturated rings. The van der Waals surface area contributed by atoms with E-state index in [2.05, 4.69) is 0 Å². The van der Waals surface area contributed by atoms with Crippen LogP contribution in [0.3, 0.4) is 0 Å². The van der Waals surface area contributed by atoms with Crippen molar-refractivity contribution >= 4 is 16.1 Å². The molecule has 1 saturated heterocycles. The molecule has 1 amide bonds. The van der Waals surface area contributed by atoms with Gasteiger partial charge in [-0.3, -0.25) is 4.79 Å². The summed E-state index contributed by atoms with van der Waals surface area (Å²) in [6.07, 6.45) is 1.48. The number of piperazine rings is 1. The van der Waals surface area contributed by atoms with E-state index in [9.17, 15) is 13.2 Å². The SMILES string of the molecule is Cc1ccoc1C(=O)N1CCN(S(=O)(=O)N(C)C)CC1. The van der Waals surface area contributed by atoms with Crippen LogP contribution < -0.4 is 0 Å². The summed E-state index contributed by atoms with van der Waals surface area (Å²) in [4.78, 5) is 13.8. The quantitative estimate of drug-likeness (QED) is 0.796. The summed E-state index contributed by atoms with van der Waals surface area (Å²) >= 11 is 0. The van der Waals surface area contributed by atoms with Gasteiger partial charge in [0.15, 0.2) is 5.76 Å². The maximum Gasteiger partial charge on any atom is 0.289 e. The predicted molar refractivity (Wildman–Crippen MR) is 73.5 cm³/mol. The van der Waals surface area contributed by atoms with E-state index >= 15 is 0 Å². The van der Waals surface area contributed by atoms with E-state index in [1.165, 1.54) is 29.0 Å². The number of carbonyl (C=O) groups is 1.